The van der Waals surface area contributed by atoms with E-state index in [1.165, 1.54) is 5.56 Å². The van der Waals surface area contributed by atoms with Crippen molar-refractivity contribution in [2.45, 2.75) is 20.4 Å². The molecule has 1 aromatic carbocycles. The van der Waals surface area contributed by atoms with E-state index in [0.717, 1.165) is 34.3 Å². The number of hydrogen-bond acceptors (Lipinski definition) is 4. The van der Waals surface area contributed by atoms with Gasteiger partial charge >= 0.3 is 0 Å². The van der Waals surface area contributed by atoms with Crippen molar-refractivity contribution < 1.29 is 0 Å². The topological polar surface area (TPSA) is 41.9 Å². The number of pyridine rings is 1. The summed E-state index contributed by atoms with van der Waals surface area (Å²) in [5.41, 5.74) is 3.99. The number of rotatable bonds is 4. The van der Waals surface area contributed by atoms with E-state index >= 15 is 0 Å². The monoisotopic (exact) mass is 338 g/mol. The maximum absolute atomic E-state index is 5.96. The average Bonchev–Trinajstić information content (AvgIpc) is 2.60. The van der Waals surface area contributed by atoms with Crippen LogP contribution < -0.4 is 4.90 Å². The number of anilines is 1. The van der Waals surface area contributed by atoms with Crippen LogP contribution >= 0.6 is 11.6 Å². The van der Waals surface area contributed by atoms with Gasteiger partial charge in [0.2, 0.25) is 0 Å². The zero-order valence-electron chi connectivity index (χ0n) is 14.0. The lowest BCUT2D eigenvalue weighted by atomic mass is 10.2. The number of halogens is 1. The summed E-state index contributed by atoms with van der Waals surface area (Å²) in [5, 5.41) is 0.743. The molecule has 0 bridgehead atoms. The number of benzene rings is 1. The largest absolute Gasteiger partial charge is 0.355 e. The first kappa shape index (κ1) is 16.4. The van der Waals surface area contributed by atoms with E-state index in [2.05, 4.69) is 14.9 Å². The van der Waals surface area contributed by atoms with Crippen molar-refractivity contribution in [2.24, 2.45) is 0 Å². The van der Waals surface area contributed by atoms with Crippen molar-refractivity contribution in [2.75, 3.05) is 11.9 Å². The van der Waals surface area contributed by atoms with Gasteiger partial charge in [-0.2, -0.15) is 0 Å². The van der Waals surface area contributed by atoms with Gasteiger partial charge in [0.15, 0.2) is 5.82 Å². The number of aryl methyl sites for hydroxylation is 1. The molecule has 0 fully saturated rings. The molecule has 3 rings (SSSR count). The zero-order chi connectivity index (χ0) is 17.1. The maximum Gasteiger partial charge on any atom is 0.180 e. The van der Waals surface area contributed by atoms with E-state index in [4.69, 9.17) is 16.6 Å². The van der Waals surface area contributed by atoms with Crippen LogP contribution in [-0.4, -0.2) is 22.0 Å². The van der Waals surface area contributed by atoms with Gasteiger partial charge in [0.1, 0.15) is 11.5 Å². The third-order valence-electron chi connectivity index (χ3n) is 3.95. The summed E-state index contributed by atoms with van der Waals surface area (Å²) in [7, 11) is 2.03. The minimum Gasteiger partial charge on any atom is -0.355 e. The Bertz CT molecular complexity index is 832. The molecule has 0 aliphatic heterocycles. The van der Waals surface area contributed by atoms with Crippen LogP contribution in [0.25, 0.3) is 11.5 Å². The van der Waals surface area contributed by atoms with Gasteiger partial charge in [0.25, 0.3) is 0 Å². The minimum absolute atomic E-state index is 0.650. The fourth-order valence-electron chi connectivity index (χ4n) is 2.53. The molecule has 0 amide bonds. The Morgan fingerprint density at radius 3 is 2.42 bits per heavy atom. The fraction of sp³-hybridized carbons (Fsp3) is 0.211. The second kappa shape index (κ2) is 6.97. The van der Waals surface area contributed by atoms with Crippen LogP contribution in [0.3, 0.4) is 0 Å². The first-order chi connectivity index (χ1) is 11.5. The van der Waals surface area contributed by atoms with Crippen molar-refractivity contribution in [1.29, 1.82) is 0 Å². The van der Waals surface area contributed by atoms with Crippen LogP contribution in [0.1, 0.15) is 16.8 Å². The first-order valence-electron chi connectivity index (χ1n) is 7.77. The van der Waals surface area contributed by atoms with Gasteiger partial charge in [0, 0.05) is 36.1 Å². The Hall–Kier alpha value is -2.46. The highest BCUT2D eigenvalue weighted by molar-refractivity contribution is 6.30. The molecular weight excluding hydrogens is 320 g/mol. The van der Waals surface area contributed by atoms with Crippen molar-refractivity contribution >= 4 is 17.4 Å². The third kappa shape index (κ3) is 3.54. The summed E-state index contributed by atoms with van der Waals surface area (Å²) in [6, 6.07) is 13.6. The van der Waals surface area contributed by atoms with E-state index in [9.17, 15) is 0 Å². The summed E-state index contributed by atoms with van der Waals surface area (Å²) in [5.74, 6) is 1.56. The highest BCUT2D eigenvalue weighted by atomic mass is 35.5. The SMILES string of the molecule is Cc1nc(-c2ccccn2)nc(N(C)Cc2ccc(Cl)cc2)c1C. The molecule has 0 saturated carbocycles. The molecule has 24 heavy (non-hydrogen) atoms. The summed E-state index contributed by atoms with van der Waals surface area (Å²) in [6.07, 6.45) is 1.75. The Labute approximate surface area is 147 Å². The van der Waals surface area contributed by atoms with Crippen molar-refractivity contribution in [3.8, 4) is 11.5 Å². The van der Waals surface area contributed by atoms with Crippen LogP contribution in [0.2, 0.25) is 5.02 Å². The third-order valence-corrected chi connectivity index (χ3v) is 4.20. The standard InChI is InChI=1S/C19H19ClN4/c1-13-14(2)22-18(17-6-4-5-11-21-17)23-19(13)24(3)12-15-7-9-16(20)10-8-15/h4-11H,12H2,1-3H3. The van der Waals surface area contributed by atoms with Crippen molar-refractivity contribution in [3.63, 3.8) is 0 Å². The van der Waals surface area contributed by atoms with Crippen LogP contribution in [0, 0.1) is 13.8 Å². The van der Waals surface area contributed by atoms with E-state index < -0.39 is 0 Å². The maximum atomic E-state index is 5.96. The minimum atomic E-state index is 0.650. The molecule has 5 heteroatoms. The Kier molecular flexibility index (Phi) is 4.76. The van der Waals surface area contributed by atoms with E-state index in [1.807, 2.05) is 63.4 Å². The van der Waals surface area contributed by atoms with Crippen molar-refractivity contribution in [1.82, 2.24) is 15.0 Å². The molecule has 0 aliphatic rings. The smallest absolute Gasteiger partial charge is 0.180 e. The molecule has 4 nitrogen and oxygen atoms in total. The van der Waals surface area contributed by atoms with Gasteiger partial charge in [-0.15, -0.1) is 0 Å². The molecule has 0 radical (unpaired) electrons. The molecule has 0 atom stereocenters. The van der Waals surface area contributed by atoms with Gasteiger partial charge in [-0.1, -0.05) is 29.8 Å². The summed E-state index contributed by atoms with van der Waals surface area (Å²) >= 11 is 5.96. The van der Waals surface area contributed by atoms with Gasteiger partial charge < -0.3 is 4.90 Å². The van der Waals surface area contributed by atoms with Gasteiger partial charge in [0.05, 0.1) is 0 Å². The van der Waals surface area contributed by atoms with Crippen LogP contribution in [-0.2, 0) is 6.54 Å². The zero-order valence-corrected chi connectivity index (χ0v) is 14.7. The van der Waals surface area contributed by atoms with Crippen LogP contribution in [0.5, 0.6) is 0 Å². The molecule has 0 aliphatic carbocycles. The lowest BCUT2D eigenvalue weighted by Crippen LogP contribution is -2.20. The van der Waals surface area contributed by atoms with Gasteiger partial charge in [-0.3, -0.25) is 4.98 Å². The number of aromatic nitrogens is 3. The molecule has 0 unspecified atom stereocenters. The molecule has 122 valence electrons. The first-order valence-corrected chi connectivity index (χ1v) is 8.14. The molecular formula is C19H19ClN4. The fourth-order valence-corrected chi connectivity index (χ4v) is 2.66. The normalized spacial score (nSPS) is 10.7. The predicted octanol–water partition coefficient (Wildman–Crippen LogP) is 4.45. The molecule has 0 saturated heterocycles. The van der Waals surface area contributed by atoms with Crippen LogP contribution in [0.4, 0.5) is 5.82 Å². The van der Waals surface area contributed by atoms with Crippen molar-refractivity contribution in [3.05, 3.63) is 70.5 Å². The van der Waals surface area contributed by atoms with Gasteiger partial charge in [-0.25, -0.2) is 9.97 Å². The predicted molar refractivity (Wildman–Crippen MR) is 98.3 cm³/mol. The Morgan fingerprint density at radius 1 is 1.00 bits per heavy atom. The summed E-state index contributed by atoms with van der Waals surface area (Å²) in [6.45, 7) is 4.80. The highest BCUT2D eigenvalue weighted by Gasteiger charge is 2.14. The van der Waals surface area contributed by atoms with E-state index in [0.29, 0.717) is 5.82 Å². The quantitative estimate of drug-likeness (QED) is 0.705. The second-order valence-corrected chi connectivity index (χ2v) is 6.22. The Balaban J connectivity index is 1.94. The summed E-state index contributed by atoms with van der Waals surface area (Å²) in [4.78, 5) is 15.8. The highest BCUT2D eigenvalue weighted by Crippen LogP contribution is 2.24. The average molecular weight is 339 g/mol. The van der Waals surface area contributed by atoms with E-state index in [1.54, 1.807) is 6.20 Å². The van der Waals surface area contributed by atoms with Gasteiger partial charge in [-0.05, 0) is 43.7 Å². The Morgan fingerprint density at radius 2 is 1.75 bits per heavy atom. The molecule has 3 aromatic rings. The van der Waals surface area contributed by atoms with Crippen LogP contribution in [0.15, 0.2) is 48.7 Å². The lowest BCUT2D eigenvalue weighted by Gasteiger charge is -2.22. The molecule has 2 aromatic heterocycles. The second-order valence-electron chi connectivity index (χ2n) is 5.78. The molecule has 0 spiro atoms. The lowest BCUT2D eigenvalue weighted by molar-refractivity contribution is 0.876. The number of nitrogens with zero attached hydrogens (tertiary/aromatic N) is 4. The molecule has 0 N–H and O–H groups in total. The van der Waals surface area contributed by atoms with E-state index in [-0.39, 0.29) is 0 Å². The molecule has 2 heterocycles. The number of hydrogen-bond donors (Lipinski definition) is 0. The summed E-state index contributed by atoms with van der Waals surface area (Å²) < 4.78 is 0.